The molecule has 2 aliphatic rings. The minimum absolute atomic E-state index is 0.0811. The Kier molecular flexibility index (Phi) is 7.95. The van der Waals surface area contributed by atoms with Crippen LogP contribution < -0.4 is 16.4 Å². The Balaban J connectivity index is 0.000000356. The number of allylic oxidation sites excluding steroid dienone is 1. The zero-order chi connectivity index (χ0) is 24.6. The Labute approximate surface area is 208 Å². The zero-order valence-electron chi connectivity index (χ0n) is 20.6. The largest absolute Gasteiger partial charge is 0.364 e. The molecule has 2 atom stereocenters. The molecule has 0 amide bonds. The van der Waals surface area contributed by atoms with Gasteiger partial charge in [-0.25, -0.2) is 9.97 Å². The van der Waals surface area contributed by atoms with Crippen molar-refractivity contribution in [2.45, 2.75) is 39.4 Å². The van der Waals surface area contributed by atoms with E-state index in [0.717, 1.165) is 29.1 Å². The molecule has 3 aromatic rings. The van der Waals surface area contributed by atoms with Crippen molar-refractivity contribution >= 4 is 11.6 Å². The fourth-order valence-electron chi connectivity index (χ4n) is 4.23. The van der Waals surface area contributed by atoms with E-state index in [4.69, 9.17) is 10.7 Å². The van der Waals surface area contributed by atoms with E-state index >= 15 is 0 Å². The lowest BCUT2D eigenvalue weighted by Crippen LogP contribution is -2.34. The standard InChI is InChI=1S/C22H26N6.C7H8/c1-3-18(17-7-5-4-6-8-17)26-22-24-11-9-19(27-22)21-15(2)25-20-13-16(14-23)10-12-28(20)21;1-7-5-3-2-4-6-7/h4-13,18,20,25H,3,14,23H2,1-2H3,(H,24,26,27);2-6H,1H3. The van der Waals surface area contributed by atoms with Crippen molar-refractivity contribution in [1.29, 1.82) is 0 Å². The van der Waals surface area contributed by atoms with Gasteiger partial charge in [0, 0.05) is 24.6 Å². The molecule has 35 heavy (non-hydrogen) atoms. The summed E-state index contributed by atoms with van der Waals surface area (Å²) >= 11 is 0. The molecule has 180 valence electrons. The van der Waals surface area contributed by atoms with Crippen LogP contribution in [-0.2, 0) is 0 Å². The van der Waals surface area contributed by atoms with Crippen LogP contribution in [0.5, 0.6) is 0 Å². The molecule has 1 aromatic heterocycles. The van der Waals surface area contributed by atoms with Gasteiger partial charge in [0.05, 0.1) is 17.4 Å². The average Bonchev–Trinajstić information content (AvgIpc) is 3.23. The Morgan fingerprint density at radius 3 is 2.37 bits per heavy atom. The molecular weight excluding hydrogens is 432 g/mol. The van der Waals surface area contributed by atoms with E-state index in [1.54, 1.807) is 0 Å². The first-order valence-corrected chi connectivity index (χ1v) is 12.1. The van der Waals surface area contributed by atoms with Crippen LogP contribution in [0.3, 0.4) is 0 Å². The number of rotatable bonds is 6. The number of hydrogen-bond acceptors (Lipinski definition) is 6. The third-order valence-corrected chi connectivity index (χ3v) is 6.09. The lowest BCUT2D eigenvalue weighted by molar-refractivity contribution is 0.434. The predicted molar refractivity (Wildman–Crippen MR) is 144 cm³/mol. The molecule has 0 bridgehead atoms. The van der Waals surface area contributed by atoms with Crippen LogP contribution in [0.2, 0.25) is 0 Å². The summed E-state index contributed by atoms with van der Waals surface area (Å²) in [7, 11) is 0. The van der Waals surface area contributed by atoms with Gasteiger partial charge in [0.25, 0.3) is 0 Å². The molecule has 0 saturated heterocycles. The monoisotopic (exact) mass is 466 g/mol. The first-order valence-electron chi connectivity index (χ1n) is 12.1. The summed E-state index contributed by atoms with van der Waals surface area (Å²) < 4.78 is 0. The molecule has 2 unspecified atom stereocenters. The summed E-state index contributed by atoms with van der Waals surface area (Å²) in [6, 6.07) is 22.8. The highest BCUT2D eigenvalue weighted by atomic mass is 15.3. The highest BCUT2D eigenvalue weighted by Gasteiger charge is 2.30. The fraction of sp³-hybridized carbons (Fsp3) is 0.241. The lowest BCUT2D eigenvalue weighted by Gasteiger charge is -2.27. The van der Waals surface area contributed by atoms with Gasteiger partial charge in [0.1, 0.15) is 6.17 Å². The van der Waals surface area contributed by atoms with Crippen LogP contribution in [-0.4, -0.2) is 27.6 Å². The summed E-state index contributed by atoms with van der Waals surface area (Å²) in [4.78, 5) is 11.4. The zero-order valence-corrected chi connectivity index (χ0v) is 20.6. The number of nitrogens with one attached hydrogen (secondary N) is 2. The third kappa shape index (κ3) is 5.97. The predicted octanol–water partition coefficient (Wildman–Crippen LogP) is 5.37. The highest BCUT2D eigenvalue weighted by molar-refractivity contribution is 5.69. The lowest BCUT2D eigenvalue weighted by atomic mass is 10.1. The number of aryl methyl sites for hydroxylation is 1. The molecule has 4 N–H and O–H groups in total. The minimum atomic E-state index is 0.0811. The van der Waals surface area contributed by atoms with Gasteiger partial charge in [0.2, 0.25) is 5.95 Å². The molecule has 0 radical (unpaired) electrons. The molecule has 3 heterocycles. The van der Waals surface area contributed by atoms with Crippen LogP contribution in [0.25, 0.3) is 5.70 Å². The van der Waals surface area contributed by atoms with Crippen LogP contribution in [0.15, 0.2) is 103 Å². The molecule has 0 spiro atoms. The van der Waals surface area contributed by atoms with Crippen LogP contribution in [0, 0.1) is 6.92 Å². The van der Waals surface area contributed by atoms with Crippen molar-refractivity contribution in [2.75, 3.05) is 11.9 Å². The summed E-state index contributed by atoms with van der Waals surface area (Å²) in [5, 5.41) is 6.99. The number of aromatic nitrogens is 2. The van der Waals surface area contributed by atoms with Crippen molar-refractivity contribution in [1.82, 2.24) is 20.2 Å². The molecule has 0 fully saturated rings. The van der Waals surface area contributed by atoms with Crippen LogP contribution in [0.4, 0.5) is 5.95 Å². The van der Waals surface area contributed by atoms with Crippen LogP contribution >= 0.6 is 0 Å². The van der Waals surface area contributed by atoms with Gasteiger partial charge in [0.15, 0.2) is 0 Å². The van der Waals surface area contributed by atoms with Gasteiger partial charge >= 0.3 is 0 Å². The van der Waals surface area contributed by atoms with Crippen molar-refractivity contribution in [3.8, 4) is 0 Å². The van der Waals surface area contributed by atoms with E-state index in [1.807, 2.05) is 36.5 Å². The van der Waals surface area contributed by atoms with Crippen molar-refractivity contribution < 1.29 is 0 Å². The fourth-order valence-corrected chi connectivity index (χ4v) is 4.23. The maximum Gasteiger partial charge on any atom is 0.223 e. The van der Waals surface area contributed by atoms with Gasteiger partial charge in [-0.3, -0.25) is 0 Å². The molecular formula is C29H34N6. The SMILES string of the molecule is CCC(Nc1nccc(C2=C(C)NC3C=C(CN)C=CN23)n1)c1ccccc1.Cc1ccccc1. The van der Waals surface area contributed by atoms with Crippen LogP contribution in [0.1, 0.15) is 43.1 Å². The third-order valence-electron chi connectivity index (χ3n) is 6.09. The Bertz CT molecular complexity index is 1200. The van der Waals surface area contributed by atoms with E-state index in [-0.39, 0.29) is 12.2 Å². The van der Waals surface area contributed by atoms with Gasteiger partial charge in [-0.2, -0.15) is 0 Å². The second kappa shape index (κ2) is 11.5. The van der Waals surface area contributed by atoms with Gasteiger partial charge < -0.3 is 21.3 Å². The summed E-state index contributed by atoms with van der Waals surface area (Å²) in [5.74, 6) is 0.635. The quantitative estimate of drug-likeness (QED) is 0.453. The Morgan fingerprint density at radius 1 is 1.03 bits per heavy atom. The van der Waals surface area contributed by atoms with Gasteiger partial charge in [-0.05, 0) is 49.6 Å². The molecule has 0 aliphatic carbocycles. The summed E-state index contributed by atoms with van der Waals surface area (Å²) in [6.07, 6.45) is 9.12. The maximum absolute atomic E-state index is 5.79. The summed E-state index contributed by atoms with van der Waals surface area (Å²) in [6.45, 7) is 6.86. The molecule has 5 rings (SSSR count). The molecule has 0 saturated carbocycles. The minimum Gasteiger partial charge on any atom is -0.364 e. The molecule has 6 nitrogen and oxygen atoms in total. The van der Waals surface area contributed by atoms with Crippen molar-refractivity contribution in [3.05, 3.63) is 119 Å². The number of hydrogen-bond donors (Lipinski definition) is 3. The number of anilines is 1. The number of fused-ring (bicyclic) bond motifs is 1. The highest BCUT2D eigenvalue weighted by Crippen LogP contribution is 2.32. The maximum atomic E-state index is 5.79. The topological polar surface area (TPSA) is 79.1 Å². The number of benzene rings is 2. The average molecular weight is 467 g/mol. The first-order chi connectivity index (χ1) is 17.1. The van der Waals surface area contributed by atoms with Gasteiger partial charge in [-0.15, -0.1) is 0 Å². The number of nitrogens with two attached hydrogens (primary N) is 1. The smallest absolute Gasteiger partial charge is 0.223 e. The second-order valence-corrected chi connectivity index (χ2v) is 8.67. The van der Waals surface area contributed by atoms with E-state index in [0.29, 0.717) is 12.5 Å². The van der Waals surface area contributed by atoms with Crippen molar-refractivity contribution in [3.63, 3.8) is 0 Å². The van der Waals surface area contributed by atoms with E-state index in [9.17, 15) is 0 Å². The Hall–Kier alpha value is -3.90. The molecule has 2 aliphatic heterocycles. The summed E-state index contributed by atoms with van der Waals surface area (Å²) in [5.41, 5.74) is 12.5. The second-order valence-electron chi connectivity index (χ2n) is 8.67. The number of nitrogens with zero attached hydrogens (tertiary/aromatic N) is 3. The Morgan fingerprint density at radius 2 is 1.74 bits per heavy atom. The van der Waals surface area contributed by atoms with E-state index in [1.165, 1.54) is 11.1 Å². The van der Waals surface area contributed by atoms with Gasteiger partial charge in [-0.1, -0.05) is 73.2 Å². The van der Waals surface area contributed by atoms with Crippen molar-refractivity contribution in [2.24, 2.45) is 5.73 Å². The molecule has 2 aromatic carbocycles. The van der Waals surface area contributed by atoms with E-state index in [2.05, 4.69) is 96.0 Å². The van der Waals surface area contributed by atoms with E-state index < -0.39 is 0 Å². The molecule has 6 heteroatoms. The first kappa shape index (κ1) is 24.2. The normalized spacial score (nSPS) is 17.1.